The number of hydrogen-bond acceptors (Lipinski definition) is 4. The Labute approximate surface area is 103 Å². The van der Waals surface area contributed by atoms with E-state index in [-0.39, 0.29) is 17.1 Å². The Hall–Kier alpha value is -0.630. The summed E-state index contributed by atoms with van der Waals surface area (Å²) in [5, 5.41) is 9.02. The molecule has 0 aliphatic rings. The van der Waals surface area contributed by atoms with E-state index in [2.05, 4.69) is 20.7 Å². The lowest BCUT2D eigenvalue weighted by molar-refractivity contribution is 0.198. The number of aliphatic hydroxyl groups excluding tert-OH is 1. The third-order valence-corrected chi connectivity index (χ3v) is 3.81. The van der Waals surface area contributed by atoms with E-state index in [1.807, 2.05) is 0 Å². The Bertz CT molecular complexity index is 474. The maximum absolute atomic E-state index is 11.8. The molecule has 0 radical (unpaired) electrons. The highest BCUT2D eigenvalue weighted by Gasteiger charge is 2.17. The number of nitrogens with one attached hydrogen (secondary N) is 1. The molecule has 0 aliphatic heterocycles. The van der Waals surface area contributed by atoms with Crippen molar-refractivity contribution in [2.45, 2.75) is 17.9 Å². The lowest BCUT2D eigenvalue weighted by atomic mass is 10.3. The summed E-state index contributed by atoms with van der Waals surface area (Å²) >= 11 is 3.17. The summed E-state index contributed by atoms with van der Waals surface area (Å²) in [7, 11) is -3.67. The molecule has 7 heteroatoms. The second-order valence-electron chi connectivity index (χ2n) is 3.38. The summed E-state index contributed by atoms with van der Waals surface area (Å²) in [6.45, 7) is 1.45. The number of hydrogen-bond donors (Lipinski definition) is 3. The molecule has 90 valence electrons. The van der Waals surface area contributed by atoms with Crippen molar-refractivity contribution in [1.29, 1.82) is 0 Å². The maximum atomic E-state index is 11.8. The van der Waals surface area contributed by atoms with Crippen molar-refractivity contribution in [3.05, 3.63) is 22.7 Å². The molecule has 5 nitrogen and oxygen atoms in total. The monoisotopic (exact) mass is 308 g/mol. The fourth-order valence-corrected chi connectivity index (χ4v) is 2.84. The van der Waals surface area contributed by atoms with Gasteiger partial charge in [-0.15, -0.1) is 0 Å². The number of aliphatic hydroxyl groups is 1. The summed E-state index contributed by atoms with van der Waals surface area (Å²) in [6, 6.07) is 4.57. The van der Waals surface area contributed by atoms with Gasteiger partial charge in [0, 0.05) is 11.0 Å². The van der Waals surface area contributed by atoms with E-state index in [0.29, 0.717) is 4.47 Å². The van der Waals surface area contributed by atoms with Crippen molar-refractivity contribution in [1.82, 2.24) is 4.72 Å². The first-order chi connectivity index (χ1) is 7.33. The van der Waals surface area contributed by atoms with E-state index in [1.54, 1.807) is 6.07 Å². The zero-order valence-corrected chi connectivity index (χ0v) is 11.0. The van der Waals surface area contributed by atoms with Crippen molar-refractivity contribution in [3.63, 3.8) is 0 Å². The standard InChI is InChI=1S/C9H13BrN2O3S/c1-6(13)5-12-16(14,15)9-4-7(10)2-3-8(9)11/h2-4,6,12-13H,5,11H2,1H3/t6-/m1/s1. The van der Waals surface area contributed by atoms with Crippen LogP contribution in [0.4, 0.5) is 5.69 Å². The van der Waals surface area contributed by atoms with Crippen molar-refractivity contribution in [2.75, 3.05) is 12.3 Å². The van der Waals surface area contributed by atoms with Crippen LogP contribution in [0.15, 0.2) is 27.6 Å². The van der Waals surface area contributed by atoms with E-state index >= 15 is 0 Å². The van der Waals surface area contributed by atoms with Crippen LogP contribution in [-0.4, -0.2) is 26.2 Å². The fourth-order valence-electron chi connectivity index (χ4n) is 1.05. The van der Waals surface area contributed by atoms with E-state index < -0.39 is 16.1 Å². The number of sulfonamides is 1. The molecule has 1 aromatic rings. The molecule has 0 aromatic heterocycles. The molecule has 0 amide bonds. The molecule has 0 bridgehead atoms. The van der Waals surface area contributed by atoms with Crippen LogP contribution in [0.3, 0.4) is 0 Å². The number of benzene rings is 1. The number of anilines is 1. The van der Waals surface area contributed by atoms with Crippen molar-refractivity contribution in [3.8, 4) is 0 Å². The third kappa shape index (κ3) is 3.44. The summed E-state index contributed by atoms with van der Waals surface area (Å²) in [5.41, 5.74) is 5.75. The lowest BCUT2D eigenvalue weighted by Gasteiger charge is -2.10. The minimum atomic E-state index is -3.67. The molecule has 1 rings (SSSR count). The molecule has 0 saturated heterocycles. The van der Waals surface area contributed by atoms with E-state index in [0.717, 1.165) is 0 Å². The Morgan fingerprint density at radius 2 is 2.19 bits per heavy atom. The molecular formula is C9H13BrN2O3S. The number of halogens is 1. The van der Waals surface area contributed by atoms with Crippen molar-refractivity contribution in [2.24, 2.45) is 0 Å². The van der Waals surface area contributed by atoms with Gasteiger partial charge in [0.2, 0.25) is 10.0 Å². The number of rotatable bonds is 4. The van der Waals surface area contributed by atoms with Crippen LogP contribution in [0.25, 0.3) is 0 Å². The van der Waals surface area contributed by atoms with Crippen LogP contribution in [0, 0.1) is 0 Å². The zero-order valence-electron chi connectivity index (χ0n) is 8.64. The molecule has 0 aliphatic carbocycles. The highest BCUT2D eigenvalue weighted by atomic mass is 79.9. The van der Waals surface area contributed by atoms with Gasteiger partial charge in [-0.3, -0.25) is 0 Å². The van der Waals surface area contributed by atoms with Crippen LogP contribution in [0.2, 0.25) is 0 Å². The first-order valence-corrected chi connectivity index (χ1v) is 6.83. The number of nitrogen functional groups attached to an aromatic ring is 1. The molecule has 1 aromatic carbocycles. The van der Waals surface area contributed by atoms with E-state index in [9.17, 15) is 8.42 Å². The molecule has 0 spiro atoms. The van der Waals surface area contributed by atoms with Gasteiger partial charge < -0.3 is 10.8 Å². The summed E-state index contributed by atoms with van der Waals surface area (Å²) in [4.78, 5) is 0.00234. The molecular weight excluding hydrogens is 296 g/mol. The Morgan fingerprint density at radius 3 is 2.75 bits per heavy atom. The van der Waals surface area contributed by atoms with Crippen LogP contribution >= 0.6 is 15.9 Å². The average molecular weight is 309 g/mol. The van der Waals surface area contributed by atoms with Crippen LogP contribution in [0.1, 0.15) is 6.92 Å². The van der Waals surface area contributed by atoms with Crippen molar-refractivity contribution < 1.29 is 13.5 Å². The van der Waals surface area contributed by atoms with Crippen molar-refractivity contribution >= 4 is 31.6 Å². The SMILES string of the molecule is C[C@@H](O)CNS(=O)(=O)c1cc(Br)ccc1N. The third-order valence-electron chi connectivity index (χ3n) is 1.83. The first kappa shape index (κ1) is 13.4. The Kier molecular flexibility index (Phi) is 4.31. The predicted octanol–water partition coefficient (Wildman–Crippen LogP) is 0.690. The highest BCUT2D eigenvalue weighted by molar-refractivity contribution is 9.10. The molecule has 1 atom stereocenters. The van der Waals surface area contributed by atoms with Gasteiger partial charge in [0.1, 0.15) is 4.90 Å². The van der Waals surface area contributed by atoms with Crippen LogP contribution in [-0.2, 0) is 10.0 Å². The average Bonchev–Trinajstić information content (AvgIpc) is 2.19. The Morgan fingerprint density at radius 1 is 1.56 bits per heavy atom. The molecule has 4 N–H and O–H groups in total. The first-order valence-electron chi connectivity index (χ1n) is 4.55. The van der Waals surface area contributed by atoms with Gasteiger partial charge in [0.15, 0.2) is 0 Å². The van der Waals surface area contributed by atoms with Gasteiger partial charge in [0.05, 0.1) is 11.8 Å². The van der Waals surface area contributed by atoms with E-state index in [4.69, 9.17) is 10.8 Å². The molecule has 0 unspecified atom stereocenters. The minimum absolute atomic E-state index is 0.00234. The van der Waals surface area contributed by atoms with Gasteiger partial charge in [0.25, 0.3) is 0 Å². The van der Waals surface area contributed by atoms with Gasteiger partial charge in [-0.25, -0.2) is 13.1 Å². The van der Waals surface area contributed by atoms with Gasteiger partial charge in [-0.05, 0) is 25.1 Å². The zero-order chi connectivity index (χ0) is 12.3. The topological polar surface area (TPSA) is 92.4 Å². The largest absolute Gasteiger partial charge is 0.398 e. The van der Waals surface area contributed by atoms with Gasteiger partial charge in [-0.2, -0.15) is 0 Å². The summed E-state index contributed by atoms with van der Waals surface area (Å²) in [6.07, 6.45) is -0.747. The highest BCUT2D eigenvalue weighted by Crippen LogP contribution is 2.22. The second-order valence-corrected chi connectivity index (χ2v) is 6.03. The molecule has 16 heavy (non-hydrogen) atoms. The number of nitrogens with two attached hydrogens (primary N) is 1. The second kappa shape index (κ2) is 5.13. The molecule has 0 heterocycles. The summed E-state index contributed by atoms with van der Waals surface area (Å²) in [5.74, 6) is 0. The molecule has 0 saturated carbocycles. The quantitative estimate of drug-likeness (QED) is 0.714. The van der Waals surface area contributed by atoms with Gasteiger partial charge in [-0.1, -0.05) is 15.9 Å². The lowest BCUT2D eigenvalue weighted by Crippen LogP contribution is -2.31. The summed E-state index contributed by atoms with van der Waals surface area (Å²) < 4.78 is 26.5. The minimum Gasteiger partial charge on any atom is -0.398 e. The van der Waals surface area contributed by atoms with Crippen LogP contribution in [0.5, 0.6) is 0 Å². The predicted molar refractivity (Wildman–Crippen MR) is 65.4 cm³/mol. The Balaban J connectivity index is 3.02. The fraction of sp³-hybridized carbons (Fsp3) is 0.333. The normalized spacial score (nSPS) is 13.7. The maximum Gasteiger partial charge on any atom is 0.242 e. The smallest absolute Gasteiger partial charge is 0.242 e. The van der Waals surface area contributed by atoms with Crippen LogP contribution < -0.4 is 10.5 Å². The molecule has 0 fully saturated rings. The van der Waals surface area contributed by atoms with Gasteiger partial charge >= 0.3 is 0 Å². The van der Waals surface area contributed by atoms with E-state index in [1.165, 1.54) is 19.1 Å².